The van der Waals surface area contributed by atoms with Crippen molar-refractivity contribution in [1.29, 1.82) is 0 Å². The van der Waals surface area contributed by atoms with Crippen molar-refractivity contribution in [2.45, 2.75) is 45.7 Å². The number of aryl methyl sites for hydroxylation is 1. The number of hydrogen-bond donors (Lipinski definition) is 3. The third kappa shape index (κ3) is 5.49. The zero-order valence-corrected chi connectivity index (χ0v) is 15.4. The zero-order chi connectivity index (χ0) is 16.8. The van der Waals surface area contributed by atoms with Crippen LogP contribution in [0.4, 0.5) is 0 Å². The van der Waals surface area contributed by atoms with Crippen molar-refractivity contribution in [3.63, 3.8) is 0 Å². The van der Waals surface area contributed by atoms with Gasteiger partial charge in [-0.15, -0.1) is 12.4 Å². The molecule has 3 N–H and O–H groups in total. The molecule has 134 valence electrons. The minimum atomic E-state index is -0.525. The van der Waals surface area contributed by atoms with Crippen molar-refractivity contribution in [1.82, 2.24) is 16.0 Å². The number of amides is 2. The van der Waals surface area contributed by atoms with Gasteiger partial charge in [0.15, 0.2) is 0 Å². The summed E-state index contributed by atoms with van der Waals surface area (Å²) in [5, 5.41) is 9.19. The normalized spacial score (nSPS) is 17.9. The minimum Gasteiger partial charge on any atom is -0.353 e. The summed E-state index contributed by atoms with van der Waals surface area (Å²) in [5.74, 6) is -0.286. The summed E-state index contributed by atoms with van der Waals surface area (Å²) < 4.78 is 0. The highest BCUT2D eigenvalue weighted by molar-refractivity contribution is 5.98. The first-order valence-electron chi connectivity index (χ1n) is 8.36. The van der Waals surface area contributed by atoms with Crippen LogP contribution < -0.4 is 16.0 Å². The molecule has 0 saturated carbocycles. The summed E-state index contributed by atoms with van der Waals surface area (Å²) in [4.78, 5) is 24.9. The Kier molecular flexibility index (Phi) is 8.22. The molecule has 6 heteroatoms. The van der Waals surface area contributed by atoms with Crippen molar-refractivity contribution in [2.24, 2.45) is 5.92 Å². The highest BCUT2D eigenvalue weighted by Crippen LogP contribution is 2.10. The summed E-state index contributed by atoms with van der Waals surface area (Å²) in [6.07, 6.45) is 2.24. The van der Waals surface area contributed by atoms with Gasteiger partial charge in [0.2, 0.25) is 5.91 Å². The van der Waals surface area contributed by atoms with E-state index in [9.17, 15) is 9.59 Å². The van der Waals surface area contributed by atoms with Gasteiger partial charge in [0, 0.05) is 18.2 Å². The highest BCUT2D eigenvalue weighted by Gasteiger charge is 2.26. The Labute approximate surface area is 150 Å². The molecule has 1 aromatic rings. The Bertz CT molecular complexity index is 557. The van der Waals surface area contributed by atoms with E-state index in [0.29, 0.717) is 18.2 Å². The van der Waals surface area contributed by atoms with Gasteiger partial charge in [-0.25, -0.2) is 0 Å². The molecule has 2 rings (SSSR count). The lowest BCUT2D eigenvalue weighted by molar-refractivity contribution is -0.124. The lowest BCUT2D eigenvalue weighted by atomic mass is 10.0. The Hall–Kier alpha value is -1.59. The van der Waals surface area contributed by atoms with Gasteiger partial charge in [-0.2, -0.15) is 0 Å². The van der Waals surface area contributed by atoms with Crippen molar-refractivity contribution in [2.75, 3.05) is 13.1 Å². The van der Waals surface area contributed by atoms with Gasteiger partial charge in [-0.05, 0) is 43.9 Å². The fraction of sp³-hybridized carbons (Fsp3) is 0.556. The molecule has 1 aromatic carbocycles. The van der Waals surface area contributed by atoms with Crippen molar-refractivity contribution in [3.05, 3.63) is 35.4 Å². The second-order valence-electron chi connectivity index (χ2n) is 6.55. The molecule has 1 aliphatic heterocycles. The molecule has 1 heterocycles. The maximum Gasteiger partial charge on any atom is 0.252 e. The predicted molar refractivity (Wildman–Crippen MR) is 98.6 cm³/mol. The fourth-order valence-electron chi connectivity index (χ4n) is 2.85. The molecule has 1 saturated heterocycles. The zero-order valence-electron chi connectivity index (χ0n) is 14.6. The molecule has 2 unspecified atom stereocenters. The van der Waals surface area contributed by atoms with Crippen LogP contribution in [0.25, 0.3) is 0 Å². The second-order valence-corrected chi connectivity index (χ2v) is 6.55. The average Bonchev–Trinajstić information content (AvgIpc) is 3.03. The van der Waals surface area contributed by atoms with E-state index in [1.807, 2.05) is 39.0 Å². The van der Waals surface area contributed by atoms with Crippen LogP contribution >= 0.6 is 12.4 Å². The van der Waals surface area contributed by atoms with Gasteiger partial charge in [0.05, 0.1) is 0 Å². The number of nitrogens with one attached hydrogen (secondary N) is 3. The molecule has 0 aliphatic carbocycles. The largest absolute Gasteiger partial charge is 0.353 e. The monoisotopic (exact) mass is 353 g/mol. The smallest absolute Gasteiger partial charge is 0.252 e. The molecule has 1 aliphatic rings. The third-order valence-corrected chi connectivity index (χ3v) is 4.31. The summed E-state index contributed by atoms with van der Waals surface area (Å²) in [6, 6.07) is 7.22. The van der Waals surface area contributed by atoms with Crippen LogP contribution in [-0.4, -0.2) is 37.0 Å². The van der Waals surface area contributed by atoms with Gasteiger partial charge in [-0.1, -0.05) is 32.0 Å². The van der Waals surface area contributed by atoms with Crippen LogP contribution in [0.1, 0.15) is 42.6 Å². The van der Waals surface area contributed by atoms with Crippen LogP contribution in [-0.2, 0) is 4.79 Å². The molecule has 0 radical (unpaired) electrons. The van der Waals surface area contributed by atoms with Crippen LogP contribution in [0, 0.1) is 12.8 Å². The molecule has 2 atom stereocenters. The summed E-state index contributed by atoms with van der Waals surface area (Å²) in [5.41, 5.74) is 1.52. The van der Waals surface area contributed by atoms with Crippen molar-refractivity contribution in [3.8, 4) is 0 Å². The number of rotatable bonds is 6. The lowest BCUT2D eigenvalue weighted by Crippen LogP contribution is -2.51. The fourth-order valence-corrected chi connectivity index (χ4v) is 2.85. The summed E-state index contributed by atoms with van der Waals surface area (Å²) in [6.45, 7) is 7.40. The maximum absolute atomic E-state index is 12.4. The Morgan fingerprint density at radius 2 is 2.00 bits per heavy atom. The number of carbonyl (C=O) groups excluding carboxylic acids is 2. The van der Waals surface area contributed by atoms with Gasteiger partial charge < -0.3 is 16.0 Å². The van der Waals surface area contributed by atoms with Crippen molar-refractivity contribution < 1.29 is 9.59 Å². The number of benzene rings is 1. The number of halogens is 1. The van der Waals surface area contributed by atoms with Gasteiger partial charge in [-0.3, -0.25) is 9.59 Å². The van der Waals surface area contributed by atoms with E-state index in [-0.39, 0.29) is 30.1 Å². The average molecular weight is 354 g/mol. The SMILES string of the molecule is Cc1ccccc1C(=O)NC(C(=O)NCC1CCCN1)C(C)C.Cl. The van der Waals surface area contributed by atoms with Gasteiger partial charge >= 0.3 is 0 Å². The van der Waals surface area contributed by atoms with E-state index in [1.54, 1.807) is 6.07 Å². The molecule has 0 bridgehead atoms. The van der Waals surface area contributed by atoms with E-state index >= 15 is 0 Å². The maximum atomic E-state index is 12.4. The lowest BCUT2D eigenvalue weighted by Gasteiger charge is -2.23. The third-order valence-electron chi connectivity index (χ3n) is 4.31. The molecule has 24 heavy (non-hydrogen) atoms. The Morgan fingerprint density at radius 3 is 2.58 bits per heavy atom. The first-order valence-corrected chi connectivity index (χ1v) is 8.36. The Morgan fingerprint density at radius 1 is 1.29 bits per heavy atom. The predicted octanol–water partition coefficient (Wildman–Crippen LogP) is 2.04. The van der Waals surface area contributed by atoms with Crippen LogP contribution in [0.5, 0.6) is 0 Å². The quantitative estimate of drug-likeness (QED) is 0.733. The highest BCUT2D eigenvalue weighted by atomic mass is 35.5. The van der Waals surface area contributed by atoms with Crippen LogP contribution in [0.15, 0.2) is 24.3 Å². The summed E-state index contributed by atoms with van der Waals surface area (Å²) in [7, 11) is 0. The van der Waals surface area contributed by atoms with E-state index in [4.69, 9.17) is 0 Å². The van der Waals surface area contributed by atoms with Crippen molar-refractivity contribution >= 4 is 24.2 Å². The first kappa shape index (κ1) is 20.5. The van der Waals surface area contributed by atoms with Crippen LogP contribution in [0.3, 0.4) is 0 Å². The minimum absolute atomic E-state index is 0. The van der Waals surface area contributed by atoms with E-state index < -0.39 is 6.04 Å². The molecular formula is C18H28ClN3O2. The number of hydrogen-bond acceptors (Lipinski definition) is 3. The molecule has 5 nitrogen and oxygen atoms in total. The van der Waals surface area contributed by atoms with Gasteiger partial charge in [0.25, 0.3) is 5.91 Å². The Balaban J connectivity index is 0.00000288. The molecule has 0 spiro atoms. The molecule has 2 amide bonds. The molecule has 0 aromatic heterocycles. The standard InChI is InChI=1S/C18H27N3O2.ClH/c1-12(2)16(18(23)20-11-14-8-6-10-19-14)21-17(22)15-9-5-4-7-13(15)3;/h4-5,7,9,12,14,16,19H,6,8,10-11H2,1-3H3,(H,20,23)(H,21,22);1H. The topological polar surface area (TPSA) is 70.2 Å². The van der Waals surface area contributed by atoms with E-state index in [1.165, 1.54) is 0 Å². The van der Waals surface area contributed by atoms with E-state index in [2.05, 4.69) is 16.0 Å². The number of carbonyl (C=O) groups is 2. The second kappa shape index (κ2) is 9.64. The van der Waals surface area contributed by atoms with Crippen LogP contribution in [0.2, 0.25) is 0 Å². The molecule has 1 fully saturated rings. The summed E-state index contributed by atoms with van der Waals surface area (Å²) >= 11 is 0. The van der Waals surface area contributed by atoms with E-state index in [0.717, 1.165) is 24.9 Å². The first-order chi connectivity index (χ1) is 11.0. The van der Waals surface area contributed by atoms with Gasteiger partial charge in [0.1, 0.15) is 6.04 Å². The molecular weight excluding hydrogens is 326 g/mol.